The zero-order valence-corrected chi connectivity index (χ0v) is 7.83. The van der Waals surface area contributed by atoms with Gasteiger partial charge in [0.25, 0.3) is 0 Å². The molecule has 0 bridgehead atoms. The van der Waals surface area contributed by atoms with Gasteiger partial charge in [0.05, 0.1) is 6.07 Å². The maximum atomic E-state index is 8.55. The van der Waals surface area contributed by atoms with Crippen molar-refractivity contribution in [3.8, 4) is 6.07 Å². The first-order valence-electron chi connectivity index (χ1n) is 4.51. The van der Waals surface area contributed by atoms with Crippen molar-refractivity contribution in [3.63, 3.8) is 0 Å². The monoisotopic (exact) mass is 174 g/mol. The molecule has 0 aliphatic rings. The molecule has 0 radical (unpaired) electrons. The van der Waals surface area contributed by atoms with Crippen LogP contribution in [-0.4, -0.2) is 6.54 Å². The number of hydrogen-bond acceptors (Lipinski definition) is 2. The summed E-state index contributed by atoms with van der Waals surface area (Å²) >= 11 is 0. The first-order chi connectivity index (χ1) is 6.33. The zero-order valence-electron chi connectivity index (χ0n) is 7.83. The van der Waals surface area contributed by atoms with E-state index in [-0.39, 0.29) is 5.92 Å². The highest BCUT2D eigenvalue weighted by molar-refractivity contribution is 5.42. The Bertz CT molecular complexity index is 274. The molecule has 1 unspecified atom stereocenters. The van der Waals surface area contributed by atoms with Gasteiger partial charge in [0.2, 0.25) is 0 Å². The number of rotatable bonds is 4. The average molecular weight is 174 g/mol. The predicted molar refractivity (Wildman–Crippen MR) is 54.3 cm³/mol. The van der Waals surface area contributed by atoms with Crippen molar-refractivity contribution < 1.29 is 0 Å². The molecule has 0 heterocycles. The van der Waals surface area contributed by atoms with Gasteiger partial charge in [0.15, 0.2) is 0 Å². The Labute approximate surface area is 79.2 Å². The minimum Gasteiger partial charge on any atom is -0.385 e. The molecule has 1 N–H and O–H groups in total. The minimum atomic E-state index is 0.135. The fourth-order valence-corrected chi connectivity index (χ4v) is 1.05. The lowest BCUT2D eigenvalue weighted by Crippen LogP contribution is -2.05. The van der Waals surface area contributed by atoms with Crippen molar-refractivity contribution in [2.75, 3.05) is 11.9 Å². The molecule has 68 valence electrons. The summed E-state index contributed by atoms with van der Waals surface area (Å²) in [5.41, 5.74) is 1.12. The first kappa shape index (κ1) is 9.60. The lowest BCUT2D eigenvalue weighted by molar-refractivity contribution is 0.686. The van der Waals surface area contributed by atoms with Gasteiger partial charge in [-0.1, -0.05) is 18.2 Å². The molecule has 1 atom stereocenters. The summed E-state index contributed by atoms with van der Waals surface area (Å²) in [7, 11) is 0. The highest BCUT2D eigenvalue weighted by Crippen LogP contribution is 2.06. The van der Waals surface area contributed by atoms with E-state index in [0.29, 0.717) is 0 Å². The molecular weight excluding hydrogens is 160 g/mol. The molecule has 0 aromatic heterocycles. The van der Waals surface area contributed by atoms with Crippen LogP contribution in [0.4, 0.5) is 5.69 Å². The van der Waals surface area contributed by atoms with Crippen LogP contribution in [0.2, 0.25) is 0 Å². The van der Waals surface area contributed by atoms with E-state index in [9.17, 15) is 0 Å². The number of nitrogens with one attached hydrogen (secondary N) is 1. The standard InChI is InChI=1S/C11H14N2/c1-10(9-12)7-8-13-11-5-3-2-4-6-11/h2-6,10,13H,7-8H2,1H3. The summed E-state index contributed by atoms with van der Waals surface area (Å²) < 4.78 is 0. The second-order valence-corrected chi connectivity index (χ2v) is 3.11. The second kappa shape index (κ2) is 5.21. The van der Waals surface area contributed by atoms with Crippen LogP contribution in [-0.2, 0) is 0 Å². The number of para-hydroxylation sites is 1. The number of hydrogen-bond donors (Lipinski definition) is 1. The van der Waals surface area contributed by atoms with Gasteiger partial charge in [0.1, 0.15) is 0 Å². The Morgan fingerprint density at radius 1 is 1.38 bits per heavy atom. The highest BCUT2D eigenvalue weighted by atomic mass is 14.9. The van der Waals surface area contributed by atoms with Crippen LogP contribution in [0.15, 0.2) is 30.3 Å². The van der Waals surface area contributed by atoms with Gasteiger partial charge >= 0.3 is 0 Å². The highest BCUT2D eigenvalue weighted by Gasteiger charge is 1.97. The summed E-state index contributed by atoms with van der Waals surface area (Å²) in [4.78, 5) is 0. The maximum absolute atomic E-state index is 8.55. The Kier molecular flexibility index (Phi) is 3.84. The third kappa shape index (κ3) is 3.62. The Hall–Kier alpha value is -1.49. The molecule has 1 rings (SSSR count). The third-order valence-corrected chi connectivity index (χ3v) is 1.90. The van der Waals surface area contributed by atoms with Crippen LogP contribution in [0.25, 0.3) is 0 Å². The van der Waals surface area contributed by atoms with Gasteiger partial charge < -0.3 is 5.32 Å². The van der Waals surface area contributed by atoms with Crippen molar-refractivity contribution >= 4 is 5.69 Å². The zero-order chi connectivity index (χ0) is 9.52. The average Bonchev–Trinajstić information content (AvgIpc) is 2.19. The topological polar surface area (TPSA) is 35.8 Å². The van der Waals surface area contributed by atoms with Crippen LogP contribution in [0.3, 0.4) is 0 Å². The number of nitrogens with zero attached hydrogens (tertiary/aromatic N) is 1. The summed E-state index contributed by atoms with van der Waals surface area (Å²) in [6, 6.07) is 12.2. The van der Waals surface area contributed by atoms with Crippen molar-refractivity contribution in [2.24, 2.45) is 5.92 Å². The molecule has 0 aliphatic heterocycles. The van der Waals surface area contributed by atoms with Crippen LogP contribution in [0, 0.1) is 17.2 Å². The molecule has 2 heteroatoms. The lowest BCUT2D eigenvalue weighted by Gasteiger charge is -2.06. The number of anilines is 1. The summed E-state index contributed by atoms with van der Waals surface area (Å²) in [6.45, 7) is 2.80. The van der Waals surface area contributed by atoms with Crippen molar-refractivity contribution in [1.29, 1.82) is 5.26 Å². The number of nitriles is 1. The van der Waals surface area contributed by atoms with E-state index in [0.717, 1.165) is 18.7 Å². The van der Waals surface area contributed by atoms with Gasteiger partial charge in [-0.2, -0.15) is 5.26 Å². The van der Waals surface area contributed by atoms with Gasteiger partial charge in [0, 0.05) is 18.2 Å². The molecular formula is C11H14N2. The van der Waals surface area contributed by atoms with E-state index in [1.165, 1.54) is 0 Å². The molecule has 2 nitrogen and oxygen atoms in total. The van der Waals surface area contributed by atoms with E-state index in [2.05, 4.69) is 11.4 Å². The predicted octanol–water partition coefficient (Wildman–Crippen LogP) is 2.65. The Morgan fingerprint density at radius 3 is 2.69 bits per heavy atom. The quantitative estimate of drug-likeness (QED) is 0.761. The van der Waals surface area contributed by atoms with E-state index in [1.54, 1.807) is 0 Å². The van der Waals surface area contributed by atoms with Gasteiger partial charge in [-0.3, -0.25) is 0 Å². The molecule has 0 fully saturated rings. The summed E-state index contributed by atoms with van der Waals surface area (Å²) in [6.07, 6.45) is 0.894. The van der Waals surface area contributed by atoms with Crippen molar-refractivity contribution in [2.45, 2.75) is 13.3 Å². The van der Waals surface area contributed by atoms with Crippen LogP contribution in [0.5, 0.6) is 0 Å². The van der Waals surface area contributed by atoms with Crippen LogP contribution < -0.4 is 5.32 Å². The molecule has 0 saturated heterocycles. The minimum absolute atomic E-state index is 0.135. The number of benzene rings is 1. The largest absolute Gasteiger partial charge is 0.385 e. The SMILES string of the molecule is CC(C#N)CCNc1ccccc1. The van der Waals surface area contributed by atoms with Gasteiger partial charge in [-0.05, 0) is 25.5 Å². The Balaban J connectivity index is 2.25. The van der Waals surface area contributed by atoms with Crippen molar-refractivity contribution in [3.05, 3.63) is 30.3 Å². The maximum Gasteiger partial charge on any atom is 0.0653 e. The van der Waals surface area contributed by atoms with Gasteiger partial charge in [-0.15, -0.1) is 0 Å². The lowest BCUT2D eigenvalue weighted by atomic mass is 10.1. The summed E-state index contributed by atoms with van der Waals surface area (Å²) in [5, 5.41) is 11.8. The van der Waals surface area contributed by atoms with Crippen LogP contribution >= 0.6 is 0 Å². The Morgan fingerprint density at radius 2 is 2.08 bits per heavy atom. The second-order valence-electron chi connectivity index (χ2n) is 3.11. The van der Waals surface area contributed by atoms with E-state index >= 15 is 0 Å². The third-order valence-electron chi connectivity index (χ3n) is 1.90. The molecule has 0 spiro atoms. The van der Waals surface area contributed by atoms with E-state index in [1.807, 2.05) is 37.3 Å². The fourth-order valence-electron chi connectivity index (χ4n) is 1.05. The van der Waals surface area contributed by atoms with Crippen LogP contribution in [0.1, 0.15) is 13.3 Å². The molecule has 13 heavy (non-hydrogen) atoms. The summed E-state index contributed by atoms with van der Waals surface area (Å²) in [5.74, 6) is 0.135. The molecule has 0 aliphatic carbocycles. The van der Waals surface area contributed by atoms with Gasteiger partial charge in [-0.25, -0.2) is 0 Å². The first-order valence-corrected chi connectivity index (χ1v) is 4.51. The smallest absolute Gasteiger partial charge is 0.0653 e. The molecule has 0 saturated carbocycles. The fraction of sp³-hybridized carbons (Fsp3) is 0.364. The molecule has 0 amide bonds. The molecule has 1 aromatic rings. The molecule has 1 aromatic carbocycles. The van der Waals surface area contributed by atoms with E-state index in [4.69, 9.17) is 5.26 Å². The van der Waals surface area contributed by atoms with E-state index < -0.39 is 0 Å². The normalized spacial score (nSPS) is 11.7. The van der Waals surface area contributed by atoms with Crippen molar-refractivity contribution in [1.82, 2.24) is 0 Å².